The molecule has 1 aliphatic heterocycles. The average Bonchev–Trinajstić information content (AvgIpc) is 2.31. The molecule has 1 saturated heterocycles. The molecule has 2 atom stereocenters. The summed E-state index contributed by atoms with van der Waals surface area (Å²) in [5.41, 5.74) is 0. The van der Waals surface area contributed by atoms with Gasteiger partial charge in [0.2, 0.25) is 0 Å². The molecule has 1 rings (SSSR count). The number of rotatable bonds is 3. The molecule has 0 amide bonds. The largest absolute Gasteiger partial charge is 0.481 e. The maximum atomic E-state index is 10.2. The molecule has 3 nitrogen and oxygen atoms in total. The number of carboxylic acids is 1. The highest BCUT2D eigenvalue weighted by molar-refractivity contribution is 5.66. The van der Waals surface area contributed by atoms with Crippen LogP contribution in [0.3, 0.4) is 0 Å². The maximum Gasteiger partial charge on any atom is 0.303 e. The summed E-state index contributed by atoms with van der Waals surface area (Å²) >= 11 is 0. The van der Waals surface area contributed by atoms with E-state index in [4.69, 9.17) is 9.84 Å². The molecule has 0 aromatic heterocycles. The van der Waals surface area contributed by atoms with Crippen LogP contribution < -0.4 is 0 Å². The molecule has 0 aliphatic carbocycles. The topological polar surface area (TPSA) is 46.5 Å². The highest BCUT2D eigenvalue weighted by Crippen LogP contribution is 2.22. The molecule has 1 N–H and O–H groups in total. The first-order valence-corrected chi connectivity index (χ1v) is 4.05. The van der Waals surface area contributed by atoms with Crippen molar-refractivity contribution in [2.45, 2.75) is 44.8 Å². The van der Waals surface area contributed by atoms with E-state index in [-0.39, 0.29) is 12.5 Å². The lowest BCUT2D eigenvalue weighted by Gasteiger charge is -2.08. The average molecular weight is 158 g/mol. The van der Waals surface area contributed by atoms with Crippen molar-refractivity contribution < 1.29 is 14.6 Å². The number of aliphatic carboxylic acids is 1. The van der Waals surface area contributed by atoms with Gasteiger partial charge < -0.3 is 9.84 Å². The summed E-state index contributed by atoms with van der Waals surface area (Å²) in [5, 5.41) is 8.38. The number of ether oxygens (including phenoxy) is 1. The fraction of sp³-hybridized carbons (Fsp3) is 0.875. The van der Waals surface area contributed by atoms with Crippen LogP contribution in [0.4, 0.5) is 0 Å². The Bertz CT molecular complexity index is 144. The molecule has 11 heavy (non-hydrogen) atoms. The SMILES string of the molecule is C[C@H]1CC[C@H](CCC(=O)O)O1. The van der Waals surface area contributed by atoms with Gasteiger partial charge in [-0.1, -0.05) is 0 Å². The van der Waals surface area contributed by atoms with Crippen molar-refractivity contribution in [1.29, 1.82) is 0 Å². The van der Waals surface area contributed by atoms with Crippen molar-refractivity contribution in [3.63, 3.8) is 0 Å². The Kier molecular flexibility index (Phi) is 2.88. The van der Waals surface area contributed by atoms with Crippen LogP contribution in [0, 0.1) is 0 Å². The third-order valence-corrected chi connectivity index (χ3v) is 2.00. The van der Waals surface area contributed by atoms with Crippen LogP contribution in [-0.2, 0) is 9.53 Å². The summed E-state index contributed by atoms with van der Waals surface area (Å²) < 4.78 is 5.45. The predicted molar refractivity (Wildman–Crippen MR) is 40.4 cm³/mol. The lowest BCUT2D eigenvalue weighted by molar-refractivity contribution is -0.137. The quantitative estimate of drug-likeness (QED) is 0.675. The van der Waals surface area contributed by atoms with Gasteiger partial charge in [-0.2, -0.15) is 0 Å². The molecule has 0 aromatic carbocycles. The van der Waals surface area contributed by atoms with Crippen LogP contribution in [0.5, 0.6) is 0 Å². The first kappa shape index (κ1) is 8.53. The molecule has 1 heterocycles. The van der Waals surface area contributed by atoms with E-state index in [2.05, 4.69) is 0 Å². The minimum atomic E-state index is -0.729. The summed E-state index contributed by atoms with van der Waals surface area (Å²) in [6.45, 7) is 2.03. The van der Waals surface area contributed by atoms with Gasteiger partial charge in [-0.05, 0) is 26.2 Å². The molecule has 0 spiro atoms. The molecule has 1 aliphatic rings. The number of hydrogen-bond acceptors (Lipinski definition) is 2. The van der Waals surface area contributed by atoms with Gasteiger partial charge in [-0.25, -0.2) is 0 Å². The minimum absolute atomic E-state index is 0.195. The molecular formula is C8H14O3. The first-order valence-electron chi connectivity index (χ1n) is 4.05. The zero-order valence-electron chi connectivity index (χ0n) is 6.75. The fourth-order valence-electron chi connectivity index (χ4n) is 1.38. The van der Waals surface area contributed by atoms with Crippen LogP contribution in [0.15, 0.2) is 0 Å². The third-order valence-electron chi connectivity index (χ3n) is 2.00. The monoisotopic (exact) mass is 158 g/mol. The van der Waals surface area contributed by atoms with Crippen molar-refractivity contribution >= 4 is 5.97 Å². The molecule has 1 fully saturated rings. The molecule has 64 valence electrons. The van der Waals surface area contributed by atoms with Gasteiger partial charge in [0.15, 0.2) is 0 Å². The molecule has 0 aromatic rings. The fourth-order valence-corrected chi connectivity index (χ4v) is 1.38. The normalized spacial score (nSPS) is 30.6. The van der Waals surface area contributed by atoms with Crippen LogP contribution in [-0.4, -0.2) is 23.3 Å². The van der Waals surface area contributed by atoms with Crippen LogP contribution in [0.1, 0.15) is 32.6 Å². The van der Waals surface area contributed by atoms with Gasteiger partial charge in [0.25, 0.3) is 0 Å². The van der Waals surface area contributed by atoms with Gasteiger partial charge in [-0.3, -0.25) is 4.79 Å². The Labute approximate surface area is 66.4 Å². The number of carbonyl (C=O) groups is 1. The van der Waals surface area contributed by atoms with E-state index < -0.39 is 5.97 Å². The molecule has 0 saturated carbocycles. The number of hydrogen-bond donors (Lipinski definition) is 1. The molecular weight excluding hydrogens is 144 g/mol. The first-order chi connectivity index (χ1) is 5.18. The van der Waals surface area contributed by atoms with Crippen molar-refractivity contribution in [2.75, 3.05) is 0 Å². The third kappa shape index (κ3) is 2.89. The Hall–Kier alpha value is -0.570. The smallest absolute Gasteiger partial charge is 0.303 e. The number of carboxylic acid groups (broad SMARTS) is 1. The Morgan fingerprint density at radius 3 is 2.82 bits per heavy atom. The van der Waals surface area contributed by atoms with Crippen molar-refractivity contribution in [3.8, 4) is 0 Å². The second-order valence-corrected chi connectivity index (χ2v) is 3.08. The van der Waals surface area contributed by atoms with Gasteiger partial charge in [0.05, 0.1) is 12.2 Å². The van der Waals surface area contributed by atoms with Crippen molar-refractivity contribution in [2.24, 2.45) is 0 Å². The summed E-state index contributed by atoms with van der Waals surface area (Å²) in [6, 6.07) is 0. The van der Waals surface area contributed by atoms with Gasteiger partial charge in [0.1, 0.15) is 0 Å². The molecule has 0 unspecified atom stereocenters. The Morgan fingerprint density at radius 2 is 2.36 bits per heavy atom. The Balaban J connectivity index is 2.13. The minimum Gasteiger partial charge on any atom is -0.481 e. The Morgan fingerprint density at radius 1 is 1.64 bits per heavy atom. The van der Waals surface area contributed by atoms with Gasteiger partial charge in [-0.15, -0.1) is 0 Å². The van der Waals surface area contributed by atoms with Crippen LogP contribution in [0.25, 0.3) is 0 Å². The second kappa shape index (κ2) is 3.72. The zero-order chi connectivity index (χ0) is 8.27. The summed E-state index contributed by atoms with van der Waals surface area (Å²) in [5.74, 6) is -0.729. The summed E-state index contributed by atoms with van der Waals surface area (Å²) in [4.78, 5) is 10.2. The van der Waals surface area contributed by atoms with E-state index in [9.17, 15) is 4.79 Å². The van der Waals surface area contributed by atoms with Crippen LogP contribution >= 0.6 is 0 Å². The maximum absolute atomic E-state index is 10.2. The molecule has 3 heteroatoms. The van der Waals surface area contributed by atoms with E-state index in [1.807, 2.05) is 6.92 Å². The van der Waals surface area contributed by atoms with E-state index in [1.54, 1.807) is 0 Å². The molecule has 0 radical (unpaired) electrons. The van der Waals surface area contributed by atoms with Gasteiger partial charge in [0, 0.05) is 6.42 Å². The summed E-state index contributed by atoms with van der Waals surface area (Å²) in [7, 11) is 0. The van der Waals surface area contributed by atoms with E-state index in [1.165, 1.54) is 0 Å². The molecule has 0 bridgehead atoms. The second-order valence-electron chi connectivity index (χ2n) is 3.08. The lowest BCUT2D eigenvalue weighted by Crippen LogP contribution is -2.10. The van der Waals surface area contributed by atoms with E-state index >= 15 is 0 Å². The highest BCUT2D eigenvalue weighted by Gasteiger charge is 2.21. The zero-order valence-corrected chi connectivity index (χ0v) is 6.75. The van der Waals surface area contributed by atoms with Crippen molar-refractivity contribution in [1.82, 2.24) is 0 Å². The van der Waals surface area contributed by atoms with Gasteiger partial charge >= 0.3 is 5.97 Å². The van der Waals surface area contributed by atoms with Crippen molar-refractivity contribution in [3.05, 3.63) is 0 Å². The van der Waals surface area contributed by atoms with E-state index in [0.29, 0.717) is 12.5 Å². The highest BCUT2D eigenvalue weighted by atomic mass is 16.5. The lowest BCUT2D eigenvalue weighted by atomic mass is 10.1. The van der Waals surface area contributed by atoms with Crippen LogP contribution in [0.2, 0.25) is 0 Å². The predicted octanol–water partition coefficient (Wildman–Crippen LogP) is 1.42. The summed E-state index contributed by atoms with van der Waals surface area (Å²) in [6.07, 6.45) is 3.52. The van der Waals surface area contributed by atoms with E-state index in [0.717, 1.165) is 12.8 Å². The standard InChI is InChI=1S/C8H14O3/c1-6-2-3-7(11-6)4-5-8(9)10/h6-7H,2-5H2,1H3,(H,9,10)/t6-,7+/m0/s1.